The van der Waals surface area contributed by atoms with Crippen molar-refractivity contribution in [3.63, 3.8) is 0 Å². The van der Waals surface area contributed by atoms with Crippen LogP contribution >= 0.6 is 0 Å². The zero-order valence-corrected chi connectivity index (χ0v) is 14.3. The number of hydrogen-bond acceptors (Lipinski definition) is 5. The number of esters is 1. The van der Waals surface area contributed by atoms with Crippen molar-refractivity contribution in [2.45, 2.75) is 19.4 Å². The summed E-state index contributed by atoms with van der Waals surface area (Å²) < 4.78 is 4.94. The van der Waals surface area contributed by atoms with Gasteiger partial charge in [-0.2, -0.15) is 0 Å². The maximum Gasteiger partial charge on any atom is 0.338 e. The molecule has 0 fully saturated rings. The van der Waals surface area contributed by atoms with E-state index in [-0.39, 0.29) is 11.3 Å². The Kier molecular flexibility index (Phi) is 6.79. The minimum Gasteiger partial charge on any atom is -0.452 e. The molecule has 1 atom stereocenters. The number of rotatable bonds is 8. The Morgan fingerprint density at radius 1 is 1.04 bits per heavy atom. The molecule has 0 aliphatic carbocycles. The van der Waals surface area contributed by atoms with Gasteiger partial charge >= 0.3 is 5.97 Å². The molecule has 0 heterocycles. The van der Waals surface area contributed by atoms with E-state index < -0.39 is 24.5 Å². The molecule has 1 N–H and O–H groups in total. The molecule has 0 aromatic heterocycles. The summed E-state index contributed by atoms with van der Waals surface area (Å²) in [4.78, 5) is 46.2. The molecule has 2 aromatic carbocycles. The van der Waals surface area contributed by atoms with Gasteiger partial charge in [0.2, 0.25) is 0 Å². The van der Waals surface area contributed by atoms with Crippen LogP contribution < -0.4 is 5.32 Å². The number of hydrogen-bond donors (Lipinski definition) is 1. The lowest BCUT2D eigenvalue weighted by molar-refractivity contribution is -0.128. The summed E-state index contributed by atoms with van der Waals surface area (Å²) in [5.41, 5.74) is 1.58. The Hall–Kier alpha value is -3.28. The molecule has 1 amide bonds. The summed E-state index contributed by atoms with van der Waals surface area (Å²) in [5.74, 6) is -1.42. The molecule has 26 heavy (non-hydrogen) atoms. The SMILES string of the molecule is CC(=O)[C@@H](Cc1ccccc1)NC(=O)COC(=O)c1ccc(C=O)cc1. The monoisotopic (exact) mass is 353 g/mol. The van der Waals surface area contributed by atoms with E-state index >= 15 is 0 Å². The van der Waals surface area contributed by atoms with E-state index in [0.717, 1.165) is 5.56 Å². The molecule has 134 valence electrons. The zero-order chi connectivity index (χ0) is 18.9. The Morgan fingerprint density at radius 3 is 2.27 bits per heavy atom. The maximum atomic E-state index is 12.0. The van der Waals surface area contributed by atoms with Gasteiger partial charge in [0.25, 0.3) is 5.91 Å². The lowest BCUT2D eigenvalue weighted by Crippen LogP contribution is -2.43. The first kappa shape index (κ1) is 19.1. The van der Waals surface area contributed by atoms with Crippen LogP contribution in [0.1, 0.15) is 33.2 Å². The standard InChI is InChI=1S/C20H19NO5/c1-14(23)18(11-15-5-3-2-4-6-15)21-19(24)13-26-20(25)17-9-7-16(12-22)8-10-17/h2-10,12,18H,11,13H2,1H3,(H,21,24)/t18-/m1/s1. The molecule has 2 rings (SSSR count). The van der Waals surface area contributed by atoms with Gasteiger partial charge in [0.1, 0.15) is 6.29 Å². The fourth-order valence-electron chi connectivity index (χ4n) is 2.29. The average Bonchev–Trinajstić information content (AvgIpc) is 2.66. The second-order valence-corrected chi connectivity index (χ2v) is 5.74. The number of carbonyl (C=O) groups excluding carboxylic acids is 4. The minimum atomic E-state index is -0.685. The largest absolute Gasteiger partial charge is 0.452 e. The highest BCUT2D eigenvalue weighted by Crippen LogP contribution is 2.06. The summed E-state index contributed by atoms with van der Waals surface area (Å²) in [6, 6.07) is 14.5. The van der Waals surface area contributed by atoms with Crippen molar-refractivity contribution in [3.8, 4) is 0 Å². The molecule has 0 saturated carbocycles. The van der Waals surface area contributed by atoms with E-state index in [1.807, 2.05) is 30.3 Å². The summed E-state index contributed by atoms with van der Waals surface area (Å²) in [6.45, 7) is 0.904. The van der Waals surface area contributed by atoms with Gasteiger partial charge in [-0.25, -0.2) is 4.79 Å². The second kappa shape index (κ2) is 9.27. The van der Waals surface area contributed by atoms with Crippen LogP contribution in [0.25, 0.3) is 0 Å². The van der Waals surface area contributed by atoms with Gasteiger partial charge in [0.15, 0.2) is 12.4 Å². The maximum absolute atomic E-state index is 12.0. The Balaban J connectivity index is 1.88. The number of nitrogens with one attached hydrogen (secondary N) is 1. The van der Waals surface area contributed by atoms with E-state index in [2.05, 4.69) is 5.32 Å². The number of ketones is 1. The third-order valence-corrected chi connectivity index (χ3v) is 3.73. The zero-order valence-electron chi connectivity index (χ0n) is 14.3. The van der Waals surface area contributed by atoms with Crippen molar-refractivity contribution >= 4 is 23.9 Å². The highest BCUT2D eigenvalue weighted by Gasteiger charge is 2.18. The van der Waals surface area contributed by atoms with Crippen molar-refractivity contribution in [3.05, 3.63) is 71.3 Å². The number of ether oxygens (including phenoxy) is 1. The van der Waals surface area contributed by atoms with Crippen molar-refractivity contribution in [1.29, 1.82) is 0 Å². The molecule has 0 radical (unpaired) electrons. The molecule has 2 aromatic rings. The van der Waals surface area contributed by atoms with Gasteiger partial charge < -0.3 is 10.1 Å². The first-order valence-corrected chi connectivity index (χ1v) is 8.05. The van der Waals surface area contributed by atoms with Crippen molar-refractivity contribution < 1.29 is 23.9 Å². The summed E-state index contributed by atoms with van der Waals surface area (Å²) in [5, 5.41) is 2.58. The minimum absolute atomic E-state index is 0.182. The fourth-order valence-corrected chi connectivity index (χ4v) is 2.29. The molecule has 6 heteroatoms. The topological polar surface area (TPSA) is 89.5 Å². The molecule has 0 bridgehead atoms. The van der Waals surface area contributed by atoms with Crippen LogP contribution in [-0.2, 0) is 20.7 Å². The van der Waals surface area contributed by atoms with E-state index in [1.54, 1.807) is 0 Å². The van der Waals surface area contributed by atoms with E-state index in [9.17, 15) is 19.2 Å². The number of carbonyl (C=O) groups is 4. The van der Waals surface area contributed by atoms with Crippen LogP contribution in [0.5, 0.6) is 0 Å². The highest BCUT2D eigenvalue weighted by molar-refractivity contribution is 5.93. The third kappa shape index (κ3) is 5.66. The van der Waals surface area contributed by atoms with Crippen LogP contribution in [-0.4, -0.2) is 36.6 Å². The van der Waals surface area contributed by atoms with Gasteiger partial charge in [-0.1, -0.05) is 42.5 Å². The van der Waals surface area contributed by atoms with Gasteiger partial charge in [-0.3, -0.25) is 14.4 Å². The van der Waals surface area contributed by atoms with E-state index in [4.69, 9.17) is 4.74 Å². The average molecular weight is 353 g/mol. The van der Waals surface area contributed by atoms with E-state index in [1.165, 1.54) is 31.2 Å². The number of benzene rings is 2. The fraction of sp³-hybridized carbons (Fsp3) is 0.200. The molecular weight excluding hydrogens is 334 g/mol. The molecule has 0 saturated heterocycles. The lowest BCUT2D eigenvalue weighted by Gasteiger charge is -2.16. The number of aldehydes is 1. The molecular formula is C20H19NO5. The van der Waals surface area contributed by atoms with Crippen LogP contribution in [0.4, 0.5) is 0 Å². The first-order chi connectivity index (χ1) is 12.5. The van der Waals surface area contributed by atoms with Gasteiger partial charge in [-0.15, -0.1) is 0 Å². The van der Waals surface area contributed by atoms with Crippen LogP contribution in [0.2, 0.25) is 0 Å². The van der Waals surface area contributed by atoms with Crippen molar-refractivity contribution in [2.75, 3.05) is 6.61 Å². The quantitative estimate of drug-likeness (QED) is 0.579. The van der Waals surface area contributed by atoms with E-state index in [0.29, 0.717) is 18.3 Å². The third-order valence-electron chi connectivity index (χ3n) is 3.73. The van der Waals surface area contributed by atoms with Gasteiger partial charge in [-0.05, 0) is 31.0 Å². The van der Waals surface area contributed by atoms with Crippen molar-refractivity contribution in [2.24, 2.45) is 0 Å². The number of Topliss-reactive ketones (excluding diaryl/α,β-unsaturated/α-hetero) is 1. The van der Waals surface area contributed by atoms with Gasteiger partial charge in [0, 0.05) is 5.56 Å². The Labute approximate surface area is 151 Å². The Bertz CT molecular complexity index is 784. The molecule has 0 unspecified atom stereocenters. The normalized spacial score (nSPS) is 11.3. The molecule has 0 aliphatic heterocycles. The number of amides is 1. The highest BCUT2D eigenvalue weighted by atomic mass is 16.5. The lowest BCUT2D eigenvalue weighted by atomic mass is 10.0. The summed E-state index contributed by atoms with van der Waals surface area (Å²) in [7, 11) is 0. The second-order valence-electron chi connectivity index (χ2n) is 5.74. The molecule has 0 aliphatic rings. The summed E-state index contributed by atoms with van der Waals surface area (Å²) in [6.07, 6.45) is 1.03. The first-order valence-electron chi connectivity index (χ1n) is 8.05. The van der Waals surface area contributed by atoms with Gasteiger partial charge in [0.05, 0.1) is 11.6 Å². The predicted octanol–water partition coefficient (Wildman–Crippen LogP) is 1.97. The smallest absolute Gasteiger partial charge is 0.338 e. The van der Waals surface area contributed by atoms with Crippen molar-refractivity contribution in [1.82, 2.24) is 5.32 Å². The summed E-state index contributed by atoms with van der Waals surface area (Å²) >= 11 is 0. The Morgan fingerprint density at radius 2 is 1.69 bits per heavy atom. The van der Waals surface area contributed by atoms with Crippen LogP contribution in [0.15, 0.2) is 54.6 Å². The molecule has 6 nitrogen and oxygen atoms in total. The van der Waals surface area contributed by atoms with Crippen LogP contribution in [0, 0.1) is 0 Å². The molecule has 0 spiro atoms. The van der Waals surface area contributed by atoms with Crippen LogP contribution in [0.3, 0.4) is 0 Å². The predicted molar refractivity (Wildman–Crippen MR) is 94.9 cm³/mol.